The maximum absolute atomic E-state index is 13.7. The Hall–Kier alpha value is -3.67. The highest BCUT2D eigenvalue weighted by Crippen LogP contribution is 2.33. The van der Waals surface area contributed by atoms with Crippen LogP contribution in [-0.2, 0) is 14.8 Å². The van der Waals surface area contributed by atoms with Crippen molar-refractivity contribution in [3.8, 4) is 22.1 Å². The number of carbonyl (C=O) groups excluding carboxylic acids is 1. The molecule has 1 heterocycles. The lowest BCUT2D eigenvalue weighted by Gasteiger charge is -2.24. The maximum Gasteiger partial charge on any atom is 0.264 e. The zero-order chi connectivity index (χ0) is 25.7. The fraction of sp³-hybridized carbons (Fsp3) is 0.125. The third-order valence-electron chi connectivity index (χ3n) is 5.04. The molecule has 0 fully saturated rings. The van der Waals surface area contributed by atoms with Crippen molar-refractivity contribution in [1.82, 2.24) is 10.2 Å². The highest BCUT2D eigenvalue weighted by Gasteiger charge is 2.29. The van der Waals surface area contributed by atoms with Crippen molar-refractivity contribution < 1.29 is 22.7 Å². The Morgan fingerprint density at radius 1 is 0.972 bits per heavy atom. The van der Waals surface area contributed by atoms with Gasteiger partial charge in [-0.05, 0) is 36.4 Å². The zero-order valence-corrected chi connectivity index (χ0v) is 21.6. The molecule has 36 heavy (non-hydrogen) atoms. The van der Waals surface area contributed by atoms with Crippen LogP contribution < -0.4 is 19.1 Å². The first-order chi connectivity index (χ1) is 17.3. The molecule has 0 saturated carbocycles. The van der Waals surface area contributed by atoms with Gasteiger partial charge in [0.15, 0.2) is 11.5 Å². The number of halogens is 1. The van der Waals surface area contributed by atoms with E-state index >= 15 is 0 Å². The molecule has 1 amide bonds. The minimum Gasteiger partial charge on any atom is -0.493 e. The van der Waals surface area contributed by atoms with Gasteiger partial charge in [-0.1, -0.05) is 53.3 Å². The van der Waals surface area contributed by atoms with Crippen molar-refractivity contribution in [2.45, 2.75) is 4.90 Å². The summed E-state index contributed by atoms with van der Waals surface area (Å²) in [5, 5.41) is 12.0. The predicted octanol–water partition coefficient (Wildman–Crippen LogP) is 4.71. The SMILES string of the molecule is COc1ccc(S(=O)(=O)N(CC(=O)Nc2nnc(-c3ccccc3)s2)c2ccc(Cl)cc2)cc1OC. The second-order valence-corrected chi connectivity index (χ2v) is 10.6. The fourth-order valence-corrected chi connectivity index (χ4v) is 5.62. The lowest BCUT2D eigenvalue weighted by Crippen LogP contribution is -2.38. The number of amides is 1. The molecule has 4 aromatic rings. The molecule has 0 aliphatic heterocycles. The van der Waals surface area contributed by atoms with E-state index in [2.05, 4.69) is 15.5 Å². The number of rotatable bonds is 9. The number of anilines is 2. The number of hydrogen-bond acceptors (Lipinski definition) is 8. The van der Waals surface area contributed by atoms with Gasteiger partial charge in [0.1, 0.15) is 11.6 Å². The molecule has 0 aliphatic carbocycles. The van der Waals surface area contributed by atoms with E-state index in [9.17, 15) is 13.2 Å². The third kappa shape index (κ3) is 5.59. The number of methoxy groups -OCH3 is 2. The Bertz CT molecular complexity index is 1460. The number of ether oxygens (including phenoxy) is 2. The van der Waals surface area contributed by atoms with E-state index in [1.54, 1.807) is 12.1 Å². The van der Waals surface area contributed by atoms with Crippen LogP contribution >= 0.6 is 22.9 Å². The molecule has 0 spiro atoms. The van der Waals surface area contributed by atoms with E-state index in [1.807, 2.05) is 30.3 Å². The van der Waals surface area contributed by atoms with Crippen LogP contribution in [0.5, 0.6) is 11.5 Å². The van der Waals surface area contributed by atoms with Gasteiger partial charge >= 0.3 is 0 Å². The first kappa shape index (κ1) is 25.4. The highest BCUT2D eigenvalue weighted by molar-refractivity contribution is 7.92. The molecule has 9 nitrogen and oxygen atoms in total. The van der Waals surface area contributed by atoms with Crippen LogP contribution in [0.15, 0.2) is 77.7 Å². The smallest absolute Gasteiger partial charge is 0.264 e. The van der Waals surface area contributed by atoms with Crippen molar-refractivity contribution in [3.05, 3.63) is 77.8 Å². The third-order valence-corrected chi connectivity index (χ3v) is 7.95. The van der Waals surface area contributed by atoms with Crippen LogP contribution in [0.3, 0.4) is 0 Å². The van der Waals surface area contributed by atoms with Gasteiger partial charge in [0, 0.05) is 16.7 Å². The summed E-state index contributed by atoms with van der Waals surface area (Å²) in [6, 6.07) is 19.7. The summed E-state index contributed by atoms with van der Waals surface area (Å²) in [4.78, 5) is 12.9. The monoisotopic (exact) mass is 544 g/mol. The van der Waals surface area contributed by atoms with Gasteiger partial charge in [0.25, 0.3) is 10.0 Å². The average Bonchev–Trinajstić information content (AvgIpc) is 3.36. The predicted molar refractivity (Wildman–Crippen MR) is 140 cm³/mol. The van der Waals surface area contributed by atoms with Crippen LogP contribution in [0.1, 0.15) is 0 Å². The molecule has 0 radical (unpaired) electrons. The molecular formula is C24H21ClN4O5S2. The second-order valence-electron chi connectivity index (χ2n) is 7.33. The summed E-state index contributed by atoms with van der Waals surface area (Å²) >= 11 is 7.18. The average molecular weight is 545 g/mol. The quantitative estimate of drug-likeness (QED) is 0.325. The van der Waals surface area contributed by atoms with Crippen LogP contribution in [0.4, 0.5) is 10.8 Å². The largest absolute Gasteiger partial charge is 0.493 e. The number of benzene rings is 3. The Morgan fingerprint density at radius 3 is 2.33 bits per heavy atom. The van der Waals surface area contributed by atoms with E-state index in [-0.39, 0.29) is 21.5 Å². The van der Waals surface area contributed by atoms with Gasteiger partial charge in [-0.25, -0.2) is 8.42 Å². The van der Waals surface area contributed by atoms with E-state index in [0.717, 1.165) is 9.87 Å². The van der Waals surface area contributed by atoms with Crippen molar-refractivity contribution in [2.24, 2.45) is 0 Å². The molecule has 4 rings (SSSR count). The minimum absolute atomic E-state index is 0.0785. The molecule has 12 heteroatoms. The van der Waals surface area contributed by atoms with E-state index in [1.165, 1.54) is 55.9 Å². The minimum atomic E-state index is -4.19. The fourth-order valence-electron chi connectivity index (χ4n) is 3.29. The number of sulfonamides is 1. The first-order valence-corrected chi connectivity index (χ1v) is 13.1. The van der Waals surface area contributed by atoms with E-state index in [4.69, 9.17) is 21.1 Å². The van der Waals surface area contributed by atoms with E-state index < -0.39 is 22.5 Å². The number of nitrogens with zero attached hydrogens (tertiary/aromatic N) is 3. The Kier molecular flexibility index (Phi) is 7.73. The van der Waals surface area contributed by atoms with Gasteiger partial charge in [-0.15, -0.1) is 10.2 Å². The van der Waals surface area contributed by atoms with Crippen molar-refractivity contribution in [3.63, 3.8) is 0 Å². The summed E-state index contributed by atoms with van der Waals surface area (Å²) in [5.41, 5.74) is 1.11. The number of aromatic nitrogens is 2. The molecule has 0 bridgehead atoms. The van der Waals surface area contributed by atoms with Crippen LogP contribution in [0, 0.1) is 0 Å². The number of hydrogen-bond donors (Lipinski definition) is 1. The lowest BCUT2D eigenvalue weighted by molar-refractivity contribution is -0.114. The lowest BCUT2D eigenvalue weighted by atomic mass is 10.2. The molecule has 3 aromatic carbocycles. The molecule has 1 aromatic heterocycles. The van der Waals surface area contributed by atoms with Gasteiger partial charge in [-0.2, -0.15) is 0 Å². The summed E-state index contributed by atoms with van der Waals surface area (Å²) < 4.78 is 38.7. The van der Waals surface area contributed by atoms with Crippen LogP contribution in [0.2, 0.25) is 5.02 Å². The normalized spacial score (nSPS) is 11.1. The van der Waals surface area contributed by atoms with Crippen molar-refractivity contribution >= 4 is 49.7 Å². The van der Waals surface area contributed by atoms with E-state index in [0.29, 0.717) is 15.8 Å². The van der Waals surface area contributed by atoms with Crippen molar-refractivity contribution in [2.75, 3.05) is 30.4 Å². The van der Waals surface area contributed by atoms with Gasteiger partial charge in [-0.3, -0.25) is 14.4 Å². The zero-order valence-electron chi connectivity index (χ0n) is 19.2. The summed E-state index contributed by atoms with van der Waals surface area (Å²) in [6.07, 6.45) is 0. The Balaban J connectivity index is 1.62. The summed E-state index contributed by atoms with van der Waals surface area (Å²) in [6.45, 7) is -0.515. The standard InChI is InChI=1S/C24H21ClN4O5S2/c1-33-20-13-12-19(14-21(20)34-2)36(31,32)29(18-10-8-17(25)9-11-18)15-22(30)26-24-28-27-23(35-24)16-6-4-3-5-7-16/h3-14H,15H2,1-2H3,(H,26,28,30). The van der Waals surface area contributed by atoms with Gasteiger partial charge in [0.2, 0.25) is 11.0 Å². The second kappa shape index (κ2) is 10.9. The number of carbonyl (C=O) groups is 1. The molecule has 0 atom stereocenters. The molecule has 1 N–H and O–H groups in total. The van der Waals surface area contributed by atoms with Crippen molar-refractivity contribution in [1.29, 1.82) is 0 Å². The number of nitrogens with one attached hydrogen (secondary N) is 1. The topological polar surface area (TPSA) is 111 Å². The summed E-state index contributed by atoms with van der Waals surface area (Å²) in [5.74, 6) is 0.0175. The molecule has 186 valence electrons. The van der Waals surface area contributed by atoms with Crippen LogP contribution in [-0.4, -0.2) is 45.3 Å². The highest BCUT2D eigenvalue weighted by atomic mass is 35.5. The molecule has 0 unspecified atom stereocenters. The Morgan fingerprint density at radius 2 is 1.67 bits per heavy atom. The first-order valence-electron chi connectivity index (χ1n) is 10.5. The maximum atomic E-state index is 13.7. The molecule has 0 aliphatic rings. The Labute approximate surface area is 217 Å². The summed E-state index contributed by atoms with van der Waals surface area (Å²) in [7, 11) is -1.33. The van der Waals surface area contributed by atoms with Crippen LogP contribution in [0.25, 0.3) is 10.6 Å². The molecular weight excluding hydrogens is 524 g/mol. The van der Waals surface area contributed by atoms with Gasteiger partial charge < -0.3 is 9.47 Å². The van der Waals surface area contributed by atoms with Gasteiger partial charge in [0.05, 0.1) is 24.8 Å². The molecule has 0 saturated heterocycles.